The van der Waals surface area contributed by atoms with Gasteiger partial charge < -0.3 is 10.1 Å². The molecule has 1 atom stereocenters. The summed E-state index contributed by atoms with van der Waals surface area (Å²) in [4.78, 5) is 12.0. The summed E-state index contributed by atoms with van der Waals surface area (Å²) in [6, 6.07) is 12.4. The van der Waals surface area contributed by atoms with Gasteiger partial charge in [0.1, 0.15) is 17.2 Å². The van der Waals surface area contributed by atoms with Crippen molar-refractivity contribution in [3.63, 3.8) is 0 Å². The number of likely N-dealkylation sites (tertiary alicyclic amines) is 1. The van der Waals surface area contributed by atoms with Crippen LogP contribution in [0.4, 0.5) is 10.3 Å². The number of rotatable bonds is 6. The van der Waals surface area contributed by atoms with Gasteiger partial charge in [0, 0.05) is 48.1 Å². The number of benzene rings is 2. The number of halogens is 1. The molecule has 2 aliphatic rings. The molecule has 7 heteroatoms. The van der Waals surface area contributed by atoms with Crippen LogP contribution in [0.1, 0.15) is 48.2 Å². The summed E-state index contributed by atoms with van der Waals surface area (Å²) < 4.78 is 22.2. The summed E-state index contributed by atoms with van der Waals surface area (Å²) in [5.74, 6) is 1.19. The Balaban J connectivity index is 1.28. The first kappa shape index (κ1) is 22.0. The first-order valence-corrected chi connectivity index (χ1v) is 12.4. The number of anilines is 1. The number of nitrogens with zero attached hydrogens (tertiary/aromatic N) is 4. The lowest BCUT2D eigenvalue weighted by Crippen LogP contribution is -2.23. The molecule has 0 spiro atoms. The molecule has 2 aromatic heterocycles. The standard InChI is InChI=1S/C28H30FN5O/c1-18-17-34-27(32-18)23(21-7-5-20(6-8-21)19(2)33-12-3-4-13-33)15-30-28(34)31-16-24-22-11-14-35-26(22)10-9-25(24)29/h5-10,15,17,19H,3-4,11-14,16H2,1-2H3,(H,30,31). The Morgan fingerprint density at radius 2 is 1.91 bits per heavy atom. The molecule has 0 radical (unpaired) electrons. The topological polar surface area (TPSA) is 54.7 Å². The van der Waals surface area contributed by atoms with E-state index in [4.69, 9.17) is 14.7 Å². The van der Waals surface area contributed by atoms with Gasteiger partial charge in [0.25, 0.3) is 0 Å². The quantitative estimate of drug-likeness (QED) is 0.400. The molecule has 2 aromatic carbocycles. The zero-order valence-corrected chi connectivity index (χ0v) is 20.2. The molecule has 1 saturated heterocycles. The van der Waals surface area contributed by atoms with Gasteiger partial charge in [0.2, 0.25) is 5.95 Å². The molecular formula is C28H30FN5O. The minimum Gasteiger partial charge on any atom is -0.493 e. The molecule has 0 amide bonds. The molecule has 4 aromatic rings. The number of hydrogen-bond donors (Lipinski definition) is 1. The van der Waals surface area contributed by atoms with Gasteiger partial charge in [0.05, 0.1) is 12.3 Å². The van der Waals surface area contributed by atoms with Crippen LogP contribution in [0.5, 0.6) is 5.75 Å². The van der Waals surface area contributed by atoms with Crippen molar-refractivity contribution in [2.45, 2.75) is 45.7 Å². The number of imidazole rings is 1. The van der Waals surface area contributed by atoms with Gasteiger partial charge in [-0.15, -0.1) is 0 Å². The number of hydrogen-bond acceptors (Lipinski definition) is 5. The molecular weight excluding hydrogens is 441 g/mol. The van der Waals surface area contributed by atoms with Crippen molar-refractivity contribution in [3.05, 3.63) is 77.0 Å². The predicted molar refractivity (Wildman–Crippen MR) is 135 cm³/mol. The fraction of sp³-hybridized carbons (Fsp3) is 0.357. The molecule has 1 N–H and O–H groups in total. The van der Waals surface area contributed by atoms with Gasteiger partial charge in [0.15, 0.2) is 0 Å². The van der Waals surface area contributed by atoms with Crippen LogP contribution in [0.25, 0.3) is 16.8 Å². The molecule has 6 rings (SSSR count). The highest BCUT2D eigenvalue weighted by Gasteiger charge is 2.21. The largest absolute Gasteiger partial charge is 0.493 e. The van der Waals surface area contributed by atoms with Crippen molar-refractivity contribution in [1.82, 2.24) is 19.3 Å². The summed E-state index contributed by atoms with van der Waals surface area (Å²) in [5, 5.41) is 3.33. The molecule has 0 saturated carbocycles. The van der Waals surface area contributed by atoms with Crippen molar-refractivity contribution in [2.75, 3.05) is 25.0 Å². The van der Waals surface area contributed by atoms with Crippen LogP contribution >= 0.6 is 0 Å². The second kappa shape index (κ2) is 8.96. The first-order valence-electron chi connectivity index (χ1n) is 12.4. The van der Waals surface area contributed by atoms with Crippen LogP contribution in [0.2, 0.25) is 0 Å². The van der Waals surface area contributed by atoms with Crippen LogP contribution in [0.3, 0.4) is 0 Å². The smallest absolute Gasteiger partial charge is 0.208 e. The highest BCUT2D eigenvalue weighted by atomic mass is 19.1. The molecule has 6 nitrogen and oxygen atoms in total. The van der Waals surface area contributed by atoms with Crippen LogP contribution in [-0.2, 0) is 13.0 Å². The fourth-order valence-corrected chi connectivity index (χ4v) is 5.38. The molecule has 0 aliphatic carbocycles. The molecule has 35 heavy (non-hydrogen) atoms. The summed E-state index contributed by atoms with van der Waals surface area (Å²) >= 11 is 0. The third-order valence-electron chi connectivity index (χ3n) is 7.37. The van der Waals surface area contributed by atoms with Gasteiger partial charge in [-0.05, 0) is 63.0 Å². The zero-order chi connectivity index (χ0) is 23.9. The van der Waals surface area contributed by atoms with Gasteiger partial charge in [-0.1, -0.05) is 24.3 Å². The van der Waals surface area contributed by atoms with Gasteiger partial charge >= 0.3 is 0 Å². The van der Waals surface area contributed by atoms with E-state index < -0.39 is 0 Å². The van der Waals surface area contributed by atoms with Crippen molar-refractivity contribution in [2.24, 2.45) is 0 Å². The minimum atomic E-state index is -0.223. The predicted octanol–water partition coefficient (Wildman–Crippen LogP) is 5.55. The third kappa shape index (κ3) is 4.04. The molecule has 4 heterocycles. The van der Waals surface area contributed by atoms with Crippen molar-refractivity contribution in [1.29, 1.82) is 0 Å². The van der Waals surface area contributed by atoms with Crippen molar-refractivity contribution in [3.8, 4) is 16.9 Å². The number of nitrogens with one attached hydrogen (secondary N) is 1. The van der Waals surface area contributed by atoms with Crippen LogP contribution in [-0.4, -0.2) is 39.0 Å². The van der Waals surface area contributed by atoms with E-state index in [-0.39, 0.29) is 5.82 Å². The van der Waals surface area contributed by atoms with Crippen molar-refractivity contribution < 1.29 is 9.13 Å². The number of ether oxygens (including phenoxy) is 1. The molecule has 2 aliphatic heterocycles. The Morgan fingerprint density at radius 3 is 2.71 bits per heavy atom. The highest BCUT2D eigenvalue weighted by molar-refractivity contribution is 5.78. The van der Waals surface area contributed by atoms with Gasteiger partial charge in [-0.2, -0.15) is 0 Å². The summed E-state index contributed by atoms with van der Waals surface area (Å²) in [6.45, 7) is 7.55. The summed E-state index contributed by atoms with van der Waals surface area (Å²) in [6.07, 6.45) is 7.13. The van der Waals surface area contributed by atoms with E-state index in [0.29, 0.717) is 30.7 Å². The average Bonchev–Trinajstić information content (AvgIpc) is 3.63. The van der Waals surface area contributed by atoms with Crippen molar-refractivity contribution >= 4 is 11.6 Å². The Morgan fingerprint density at radius 1 is 1.11 bits per heavy atom. The lowest BCUT2D eigenvalue weighted by Gasteiger charge is -2.24. The zero-order valence-electron chi connectivity index (χ0n) is 20.2. The van der Waals surface area contributed by atoms with Gasteiger partial charge in [-0.25, -0.2) is 14.4 Å². The van der Waals surface area contributed by atoms with Crippen LogP contribution in [0, 0.1) is 12.7 Å². The summed E-state index contributed by atoms with van der Waals surface area (Å²) in [5.41, 5.74) is 6.71. The SMILES string of the molecule is Cc1cn2c(NCc3c(F)ccc4c3CCO4)ncc(-c3ccc(C(C)N4CCCC4)cc3)c2n1. The lowest BCUT2D eigenvalue weighted by molar-refractivity contribution is 0.263. The third-order valence-corrected chi connectivity index (χ3v) is 7.37. The maximum absolute atomic E-state index is 14.6. The maximum Gasteiger partial charge on any atom is 0.208 e. The number of aryl methyl sites for hydroxylation is 1. The highest BCUT2D eigenvalue weighted by Crippen LogP contribution is 2.32. The normalized spacial score (nSPS) is 16.4. The number of aromatic nitrogens is 3. The molecule has 0 bridgehead atoms. The number of fused-ring (bicyclic) bond motifs is 2. The van der Waals surface area contributed by atoms with E-state index in [0.717, 1.165) is 40.2 Å². The first-order chi connectivity index (χ1) is 17.1. The van der Waals surface area contributed by atoms with E-state index in [2.05, 4.69) is 41.4 Å². The maximum atomic E-state index is 14.6. The van der Waals surface area contributed by atoms with E-state index in [1.54, 1.807) is 6.07 Å². The molecule has 180 valence electrons. The Labute approximate surface area is 204 Å². The fourth-order valence-electron chi connectivity index (χ4n) is 5.38. The lowest BCUT2D eigenvalue weighted by atomic mass is 10.0. The second-order valence-corrected chi connectivity index (χ2v) is 9.57. The molecule has 1 unspecified atom stereocenters. The Kier molecular flexibility index (Phi) is 5.65. The average molecular weight is 472 g/mol. The van der Waals surface area contributed by atoms with E-state index >= 15 is 0 Å². The Bertz CT molecular complexity index is 1370. The van der Waals surface area contributed by atoms with E-state index in [9.17, 15) is 4.39 Å². The summed E-state index contributed by atoms with van der Waals surface area (Å²) in [7, 11) is 0. The van der Waals surface area contributed by atoms with Crippen LogP contribution in [0.15, 0.2) is 48.8 Å². The van der Waals surface area contributed by atoms with Crippen LogP contribution < -0.4 is 10.1 Å². The van der Waals surface area contributed by atoms with E-state index in [1.807, 2.05) is 23.7 Å². The second-order valence-electron chi connectivity index (χ2n) is 9.57. The monoisotopic (exact) mass is 471 g/mol. The molecule has 1 fully saturated rings. The van der Waals surface area contributed by atoms with Gasteiger partial charge in [-0.3, -0.25) is 9.30 Å². The Hall–Kier alpha value is -3.45. The minimum absolute atomic E-state index is 0.223. The van der Waals surface area contributed by atoms with E-state index in [1.165, 1.54) is 37.6 Å².